The van der Waals surface area contributed by atoms with Crippen LogP contribution in [0.2, 0.25) is 0 Å². The minimum Gasteiger partial charge on any atom is -0.366 e. The number of nitrogens with two attached hydrogens (primary N) is 1. The number of hydrogen-bond acceptors (Lipinski definition) is 3. The van der Waals surface area contributed by atoms with Crippen LogP contribution in [0.1, 0.15) is 31.8 Å². The fourth-order valence-electron chi connectivity index (χ4n) is 1.32. The van der Waals surface area contributed by atoms with Gasteiger partial charge in [-0.25, -0.2) is 0 Å². The summed E-state index contributed by atoms with van der Waals surface area (Å²) in [6.07, 6.45) is -4.81. The number of nitrogens with zero attached hydrogens (tertiary/aromatic N) is 1. The van der Waals surface area contributed by atoms with E-state index in [1.807, 2.05) is 0 Å². The number of nitriles is 1. The Morgan fingerprint density at radius 2 is 2.00 bits per heavy atom. The maximum Gasteiger partial charge on any atom is 0.417 e. The number of hydrogen-bond donors (Lipinski definition) is 1. The highest BCUT2D eigenvalue weighted by Crippen LogP contribution is 2.33. The highest BCUT2D eigenvalue weighted by atomic mass is 19.4. The van der Waals surface area contributed by atoms with Gasteiger partial charge in [-0.3, -0.25) is 9.59 Å². The molecule has 0 aliphatic carbocycles. The van der Waals surface area contributed by atoms with Gasteiger partial charge < -0.3 is 5.73 Å². The maximum absolute atomic E-state index is 12.6. The SMILES string of the molecule is N#Cc1cc(C=O)c(C(N)=O)c(C(F)(F)F)c1. The second kappa shape index (κ2) is 4.25. The van der Waals surface area contributed by atoms with Crippen molar-refractivity contribution < 1.29 is 22.8 Å². The first kappa shape index (κ1) is 12.7. The van der Waals surface area contributed by atoms with E-state index in [4.69, 9.17) is 11.0 Å². The molecule has 1 rings (SSSR count). The van der Waals surface area contributed by atoms with Crippen molar-refractivity contribution in [1.82, 2.24) is 0 Å². The smallest absolute Gasteiger partial charge is 0.366 e. The first-order valence-electron chi connectivity index (χ1n) is 4.21. The highest BCUT2D eigenvalue weighted by Gasteiger charge is 2.36. The number of primary amides is 1. The third kappa shape index (κ3) is 2.42. The lowest BCUT2D eigenvalue weighted by atomic mass is 9.97. The van der Waals surface area contributed by atoms with Crippen LogP contribution in [0.5, 0.6) is 0 Å². The van der Waals surface area contributed by atoms with Crippen molar-refractivity contribution in [3.63, 3.8) is 0 Å². The Morgan fingerprint density at radius 1 is 1.41 bits per heavy atom. The van der Waals surface area contributed by atoms with Gasteiger partial charge in [-0.15, -0.1) is 0 Å². The van der Waals surface area contributed by atoms with Gasteiger partial charge in [0.15, 0.2) is 6.29 Å². The molecule has 0 heterocycles. The Bertz CT molecular complexity index is 530. The largest absolute Gasteiger partial charge is 0.417 e. The second-order valence-electron chi connectivity index (χ2n) is 3.08. The van der Waals surface area contributed by atoms with E-state index in [0.717, 1.165) is 6.07 Å². The van der Waals surface area contributed by atoms with Gasteiger partial charge in [-0.05, 0) is 12.1 Å². The van der Waals surface area contributed by atoms with Gasteiger partial charge in [0.25, 0.3) is 0 Å². The van der Waals surface area contributed by atoms with E-state index < -0.39 is 28.8 Å². The quantitative estimate of drug-likeness (QED) is 0.797. The summed E-state index contributed by atoms with van der Waals surface area (Å²) in [6, 6.07) is 2.83. The van der Waals surface area contributed by atoms with Gasteiger partial charge in [-0.2, -0.15) is 18.4 Å². The van der Waals surface area contributed by atoms with E-state index in [0.29, 0.717) is 6.07 Å². The molecular weight excluding hydrogens is 237 g/mol. The predicted molar refractivity (Wildman–Crippen MR) is 50.1 cm³/mol. The Hall–Kier alpha value is -2.36. The summed E-state index contributed by atoms with van der Waals surface area (Å²) >= 11 is 0. The summed E-state index contributed by atoms with van der Waals surface area (Å²) < 4.78 is 37.8. The summed E-state index contributed by atoms with van der Waals surface area (Å²) in [5, 5.41) is 8.53. The molecule has 0 atom stereocenters. The highest BCUT2D eigenvalue weighted by molar-refractivity contribution is 6.02. The molecule has 0 fully saturated rings. The molecule has 4 nitrogen and oxygen atoms in total. The number of benzene rings is 1. The fourth-order valence-corrected chi connectivity index (χ4v) is 1.32. The number of carbonyl (C=O) groups excluding carboxylic acids is 2. The average molecular weight is 242 g/mol. The average Bonchev–Trinajstić information content (AvgIpc) is 2.25. The first-order valence-corrected chi connectivity index (χ1v) is 4.21. The van der Waals surface area contributed by atoms with Crippen LogP contribution >= 0.6 is 0 Å². The van der Waals surface area contributed by atoms with Crippen LogP contribution in [0.25, 0.3) is 0 Å². The fraction of sp³-hybridized carbons (Fsp3) is 0.100. The lowest BCUT2D eigenvalue weighted by Crippen LogP contribution is -2.21. The van der Waals surface area contributed by atoms with Crippen LogP contribution in [0.4, 0.5) is 13.2 Å². The minimum atomic E-state index is -4.87. The molecule has 7 heteroatoms. The van der Waals surface area contributed by atoms with Crippen molar-refractivity contribution >= 4 is 12.2 Å². The third-order valence-corrected chi connectivity index (χ3v) is 1.98. The molecule has 0 spiro atoms. The molecular formula is C10H5F3N2O2. The van der Waals surface area contributed by atoms with Crippen molar-refractivity contribution in [2.45, 2.75) is 6.18 Å². The molecule has 0 aliphatic heterocycles. The van der Waals surface area contributed by atoms with Gasteiger partial charge in [0.2, 0.25) is 5.91 Å². The zero-order valence-electron chi connectivity index (χ0n) is 8.21. The monoisotopic (exact) mass is 242 g/mol. The molecule has 1 aromatic rings. The summed E-state index contributed by atoms with van der Waals surface area (Å²) in [7, 11) is 0. The van der Waals surface area contributed by atoms with Crippen molar-refractivity contribution in [3.8, 4) is 6.07 Å². The second-order valence-corrected chi connectivity index (χ2v) is 3.08. The van der Waals surface area contributed by atoms with Crippen LogP contribution in [0, 0.1) is 11.3 Å². The van der Waals surface area contributed by atoms with Crippen LogP contribution in [-0.4, -0.2) is 12.2 Å². The molecule has 88 valence electrons. The van der Waals surface area contributed by atoms with Crippen LogP contribution in [0.15, 0.2) is 12.1 Å². The van der Waals surface area contributed by atoms with E-state index in [-0.39, 0.29) is 11.8 Å². The standard InChI is InChI=1S/C10H5F3N2O2/c11-10(12,13)7-2-5(3-14)1-6(4-16)8(7)9(15)17/h1-2,4H,(H2,15,17). The number of alkyl halides is 3. The van der Waals surface area contributed by atoms with E-state index in [1.165, 1.54) is 6.07 Å². The lowest BCUT2D eigenvalue weighted by molar-refractivity contribution is -0.137. The van der Waals surface area contributed by atoms with E-state index in [9.17, 15) is 22.8 Å². The third-order valence-electron chi connectivity index (χ3n) is 1.98. The van der Waals surface area contributed by atoms with E-state index in [2.05, 4.69) is 0 Å². The van der Waals surface area contributed by atoms with Crippen molar-refractivity contribution in [2.24, 2.45) is 5.73 Å². The van der Waals surface area contributed by atoms with E-state index >= 15 is 0 Å². The van der Waals surface area contributed by atoms with Crippen LogP contribution in [0.3, 0.4) is 0 Å². The lowest BCUT2D eigenvalue weighted by Gasteiger charge is -2.12. The molecule has 0 radical (unpaired) electrons. The molecule has 0 aliphatic rings. The van der Waals surface area contributed by atoms with Gasteiger partial charge in [-0.1, -0.05) is 0 Å². The molecule has 17 heavy (non-hydrogen) atoms. The Morgan fingerprint density at radius 3 is 2.35 bits per heavy atom. The molecule has 0 saturated heterocycles. The maximum atomic E-state index is 12.6. The summed E-state index contributed by atoms with van der Waals surface area (Å²) in [5.74, 6) is -1.37. The number of aldehydes is 1. The number of carbonyl (C=O) groups is 2. The van der Waals surface area contributed by atoms with Gasteiger partial charge in [0.1, 0.15) is 0 Å². The molecule has 2 N–H and O–H groups in total. The molecule has 0 aromatic heterocycles. The molecule has 0 unspecified atom stereocenters. The normalized spacial score (nSPS) is 10.7. The topological polar surface area (TPSA) is 83.9 Å². The molecule has 0 bridgehead atoms. The number of rotatable bonds is 2. The van der Waals surface area contributed by atoms with E-state index in [1.54, 1.807) is 0 Å². The Labute approximate surface area is 93.4 Å². The summed E-state index contributed by atoms with van der Waals surface area (Å²) in [4.78, 5) is 21.5. The minimum absolute atomic E-state index is 0.0518. The van der Waals surface area contributed by atoms with Gasteiger partial charge >= 0.3 is 6.18 Å². The number of halogens is 3. The van der Waals surface area contributed by atoms with Gasteiger partial charge in [0.05, 0.1) is 22.8 Å². The first-order chi connectivity index (χ1) is 7.81. The van der Waals surface area contributed by atoms with Crippen molar-refractivity contribution in [1.29, 1.82) is 5.26 Å². The number of amides is 1. The zero-order chi connectivity index (χ0) is 13.2. The Balaban J connectivity index is 3.72. The Kier molecular flexibility index (Phi) is 3.18. The van der Waals surface area contributed by atoms with Crippen molar-refractivity contribution in [3.05, 3.63) is 34.4 Å². The molecule has 1 aromatic carbocycles. The van der Waals surface area contributed by atoms with Crippen LogP contribution < -0.4 is 5.73 Å². The molecule has 0 saturated carbocycles. The summed E-state index contributed by atoms with van der Waals surface area (Å²) in [6.45, 7) is 0. The van der Waals surface area contributed by atoms with Crippen molar-refractivity contribution in [2.75, 3.05) is 0 Å². The van der Waals surface area contributed by atoms with Crippen LogP contribution in [-0.2, 0) is 6.18 Å². The summed E-state index contributed by atoms with van der Waals surface area (Å²) in [5.41, 5.74) is 1.57. The zero-order valence-corrected chi connectivity index (χ0v) is 8.21. The van der Waals surface area contributed by atoms with Gasteiger partial charge in [0, 0.05) is 5.56 Å². The molecule has 1 amide bonds. The predicted octanol–water partition coefficient (Wildman–Crippen LogP) is 1.49.